The third-order valence-electron chi connectivity index (χ3n) is 4.20. The average molecular weight is 460 g/mol. The van der Waals surface area contributed by atoms with Crippen LogP contribution in [0.15, 0.2) is 70.9 Å². The number of allylic oxidation sites excluding steroid dienone is 1. The van der Waals surface area contributed by atoms with Crippen molar-refractivity contribution >= 4 is 39.4 Å². The van der Waals surface area contributed by atoms with E-state index in [9.17, 15) is 9.18 Å². The highest BCUT2D eigenvalue weighted by Crippen LogP contribution is 2.35. The maximum absolute atomic E-state index is 13.1. The Morgan fingerprint density at radius 1 is 1.11 bits per heavy atom. The van der Waals surface area contributed by atoms with Gasteiger partial charge in [-0.25, -0.2) is 4.39 Å². The Bertz CT molecular complexity index is 1110. The molecule has 0 N–H and O–H groups in total. The lowest BCUT2D eigenvalue weighted by atomic mass is 10.1. The molecule has 140 valence electrons. The number of carbonyl (C=O) groups excluding carboxylic acids is 1. The minimum Gasteiger partial charge on any atom is -0.489 e. The van der Waals surface area contributed by atoms with Gasteiger partial charge < -0.3 is 9.47 Å². The molecule has 3 aromatic carbocycles. The third kappa shape index (κ3) is 3.96. The normalized spacial score (nSPS) is 14.1. The van der Waals surface area contributed by atoms with E-state index in [4.69, 9.17) is 21.1 Å². The van der Waals surface area contributed by atoms with Crippen molar-refractivity contribution in [2.75, 3.05) is 0 Å². The van der Waals surface area contributed by atoms with E-state index in [2.05, 4.69) is 15.9 Å². The molecule has 0 aromatic heterocycles. The molecule has 28 heavy (non-hydrogen) atoms. The van der Waals surface area contributed by atoms with E-state index >= 15 is 0 Å². The summed E-state index contributed by atoms with van der Waals surface area (Å²) in [4.78, 5) is 12.6. The molecule has 6 heteroatoms. The molecule has 0 unspecified atom stereocenters. The van der Waals surface area contributed by atoms with Crippen LogP contribution in [0.2, 0.25) is 5.02 Å². The SMILES string of the molecule is O=C1/C(=C/c2cccc(Br)c2)Oc2cc(OCc3ccc(F)cc3Cl)ccc21. The molecule has 0 atom stereocenters. The molecule has 0 amide bonds. The van der Waals surface area contributed by atoms with Gasteiger partial charge in [-0.3, -0.25) is 4.79 Å². The smallest absolute Gasteiger partial charge is 0.231 e. The van der Waals surface area contributed by atoms with Crippen molar-refractivity contribution in [3.8, 4) is 11.5 Å². The highest BCUT2D eigenvalue weighted by Gasteiger charge is 2.27. The molecule has 1 aliphatic rings. The number of carbonyl (C=O) groups is 1. The summed E-state index contributed by atoms with van der Waals surface area (Å²) in [6, 6.07) is 16.7. The summed E-state index contributed by atoms with van der Waals surface area (Å²) in [6.07, 6.45) is 1.70. The van der Waals surface area contributed by atoms with Crippen LogP contribution in [0.25, 0.3) is 6.08 Å². The Hall–Kier alpha value is -2.63. The van der Waals surface area contributed by atoms with Crippen LogP contribution in [-0.4, -0.2) is 5.78 Å². The first kappa shape index (κ1) is 18.7. The lowest BCUT2D eigenvalue weighted by Gasteiger charge is -2.08. The summed E-state index contributed by atoms with van der Waals surface area (Å²) < 4.78 is 25.5. The van der Waals surface area contributed by atoms with Gasteiger partial charge in [-0.15, -0.1) is 0 Å². The summed E-state index contributed by atoms with van der Waals surface area (Å²) in [5.74, 6) is 0.641. The zero-order chi connectivity index (χ0) is 19.7. The van der Waals surface area contributed by atoms with Crippen LogP contribution < -0.4 is 9.47 Å². The van der Waals surface area contributed by atoms with E-state index in [0.29, 0.717) is 27.6 Å². The Morgan fingerprint density at radius 3 is 2.75 bits per heavy atom. The molecule has 0 fully saturated rings. The standard InChI is InChI=1S/C22H13BrClFO3/c23-15-3-1-2-13(8-15)9-21-22(26)18-7-6-17(11-20(18)28-21)27-12-14-4-5-16(25)10-19(14)24/h1-11H,12H2/b21-9-. The van der Waals surface area contributed by atoms with Gasteiger partial charge in [-0.2, -0.15) is 0 Å². The monoisotopic (exact) mass is 458 g/mol. The van der Waals surface area contributed by atoms with E-state index in [1.807, 2.05) is 24.3 Å². The van der Waals surface area contributed by atoms with Crippen LogP contribution >= 0.6 is 27.5 Å². The highest BCUT2D eigenvalue weighted by atomic mass is 79.9. The molecule has 0 saturated heterocycles. The minimum atomic E-state index is -0.400. The second kappa shape index (κ2) is 7.78. The maximum atomic E-state index is 13.1. The minimum absolute atomic E-state index is 0.173. The second-order valence-corrected chi connectivity index (χ2v) is 7.50. The van der Waals surface area contributed by atoms with Gasteiger partial charge in [0.15, 0.2) is 5.76 Å². The fourth-order valence-corrected chi connectivity index (χ4v) is 3.44. The van der Waals surface area contributed by atoms with Gasteiger partial charge in [0.2, 0.25) is 5.78 Å². The first-order valence-corrected chi connectivity index (χ1v) is 9.57. The number of ketones is 1. The van der Waals surface area contributed by atoms with Crippen molar-refractivity contribution < 1.29 is 18.7 Å². The van der Waals surface area contributed by atoms with Crippen molar-refractivity contribution in [3.05, 3.63) is 98.4 Å². The topological polar surface area (TPSA) is 35.5 Å². The van der Waals surface area contributed by atoms with Gasteiger partial charge >= 0.3 is 0 Å². The molecular formula is C22H13BrClFO3. The molecule has 3 aromatic rings. The zero-order valence-corrected chi connectivity index (χ0v) is 16.8. The fourth-order valence-electron chi connectivity index (χ4n) is 2.80. The van der Waals surface area contributed by atoms with Gasteiger partial charge in [-0.05, 0) is 48.0 Å². The first-order chi connectivity index (χ1) is 13.5. The molecule has 0 radical (unpaired) electrons. The van der Waals surface area contributed by atoms with Crippen molar-refractivity contribution in [1.29, 1.82) is 0 Å². The molecule has 3 nitrogen and oxygen atoms in total. The average Bonchev–Trinajstić information content (AvgIpc) is 2.96. The molecule has 0 bridgehead atoms. The van der Waals surface area contributed by atoms with E-state index < -0.39 is 5.82 Å². The van der Waals surface area contributed by atoms with Crippen molar-refractivity contribution in [2.45, 2.75) is 6.61 Å². The Labute approximate surface area is 174 Å². The van der Waals surface area contributed by atoms with Crippen LogP contribution in [0.4, 0.5) is 4.39 Å². The van der Waals surface area contributed by atoms with Crippen molar-refractivity contribution in [1.82, 2.24) is 0 Å². The summed E-state index contributed by atoms with van der Waals surface area (Å²) in [5, 5.41) is 0.298. The number of benzene rings is 3. The van der Waals surface area contributed by atoms with Gasteiger partial charge in [0.1, 0.15) is 23.9 Å². The largest absolute Gasteiger partial charge is 0.489 e. The molecule has 0 spiro atoms. The van der Waals surface area contributed by atoms with E-state index in [0.717, 1.165) is 10.0 Å². The van der Waals surface area contributed by atoms with Crippen LogP contribution in [0.3, 0.4) is 0 Å². The van der Waals surface area contributed by atoms with Gasteiger partial charge in [0, 0.05) is 16.1 Å². The molecule has 0 saturated carbocycles. The molecule has 1 heterocycles. The number of rotatable bonds is 4. The summed E-state index contributed by atoms with van der Waals surface area (Å²) in [5.41, 5.74) is 2.00. The van der Waals surface area contributed by atoms with Crippen LogP contribution in [-0.2, 0) is 6.61 Å². The Kier molecular flexibility index (Phi) is 5.20. The van der Waals surface area contributed by atoms with Crippen LogP contribution in [0.5, 0.6) is 11.5 Å². The predicted octanol–water partition coefficient (Wildman–Crippen LogP) is 6.44. The Morgan fingerprint density at radius 2 is 1.96 bits per heavy atom. The maximum Gasteiger partial charge on any atom is 0.231 e. The third-order valence-corrected chi connectivity index (χ3v) is 5.04. The summed E-state index contributed by atoms with van der Waals surface area (Å²) in [6.45, 7) is 0.173. The number of fused-ring (bicyclic) bond motifs is 1. The van der Waals surface area contributed by atoms with Crippen LogP contribution in [0.1, 0.15) is 21.5 Å². The number of Topliss-reactive ketones (excluding diaryl/α,β-unsaturated/α-hetero) is 1. The first-order valence-electron chi connectivity index (χ1n) is 8.40. The van der Waals surface area contributed by atoms with E-state index in [-0.39, 0.29) is 18.1 Å². The van der Waals surface area contributed by atoms with Crippen molar-refractivity contribution in [2.24, 2.45) is 0 Å². The number of ether oxygens (including phenoxy) is 2. The molecule has 1 aliphatic heterocycles. The lowest BCUT2D eigenvalue weighted by molar-refractivity contribution is 0.101. The quantitative estimate of drug-likeness (QED) is 0.421. The van der Waals surface area contributed by atoms with E-state index in [1.165, 1.54) is 12.1 Å². The zero-order valence-electron chi connectivity index (χ0n) is 14.4. The van der Waals surface area contributed by atoms with Crippen molar-refractivity contribution in [3.63, 3.8) is 0 Å². The molecule has 0 aliphatic carbocycles. The summed E-state index contributed by atoms with van der Waals surface area (Å²) >= 11 is 9.42. The predicted molar refractivity (Wildman–Crippen MR) is 109 cm³/mol. The number of hydrogen-bond donors (Lipinski definition) is 0. The van der Waals surface area contributed by atoms with Crippen LogP contribution in [0, 0.1) is 5.82 Å². The number of halogens is 3. The lowest BCUT2D eigenvalue weighted by Crippen LogP contribution is -1.98. The fraction of sp³-hybridized carbons (Fsp3) is 0.0455. The van der Waals surface area contributed by atoms with Gasteiger partial charge in [0.05, 0.1) is 10.6 Å². The van der Waals surface area contributed by atoms with Gasteiger partial charge in [-0.1, -0.05) is 45.7 Å². The van der Waals surface area contributed by atoms with Gasteiger partial charge in [0.25, 0.3) is 0 Å². The highest BCUT2D eigenvalue weighted by molar-refractivity contribution is 9.10. The second-order valence-electron chi connectivity index (χ2n) is 6.18. The number of hydrogen-bond acceptors (Lipinski definition) is 3. The molecule has 4 rings (SSSR count). The molecular weight excluding hydrogens is 447 g/mol. The van der Waals surface area contributed by atoms with E-state index in [1.54, 1.807) is 30.3 Å². The Balaban J connectivity index is 1.52. The summed E-state index contributed by atoms with van der Waals surface area (Å²) in [7, 11) is 0.